The number of thiophene rings is 1. The Balaban J connectivity index is 1.82. The third-order valence-corrected chi connectivity index (χ3v) is 5.12. The van der Waals surface area contributed by atoms with E-state index in [9.17, 15) is 9.59 Å². The van der Waals surface area contributed by atoms with E-state index in [1.165, 1.54) is 16.2 Å². The molecule has 1 heterocycles. The maximum absolute atomic E-state index is 12.4. The van der Waals surface area contributed by atoms with Crippen LogP contribution in [0.5, 0.6) is 0 Å². The van der Waals surface area contributed by atoms with Crippen LogP contribution in [0.15, 0.2) is 30.3 Å². The summed E-state index contributed by atoms with van der Waals surface area (Å²) < 4.78 is 5.19. The highest BCUT2D eigenvalue weighted by Crippen LogP contribution is 2.38. The molecular weight excluding hydrogens is 324 g/mol. The Morgan fingerprint density at radius 3 is 2.62 bits per heavy atom. The van der Waals surface area contributed by atoms with Crippen molar-refractivity contribution in [3.05, 3.63) is 46.3 Å². The summed E-state index contributed by atoms with van der Waals surface area (Å²) in [7, 11) is 0. The molecule has 0 bridgehead atoms. The zero-order chi connectivity index (χ0) is 16.9. The van der Waals surface area contributed by atoms with Crippen molar-refractivity contribution in [2.24, 2.45) is 0 Å². The maximum Gasteiger partial charge on any atom is 0.341 e. The second kappa shape index (κ2) is 7.49. The van der Waals surface area contributed by atoms with Gasteiger partial charge in [0.25, 0.3) is 0 Å². The first-order chi connectivity index (χ1) is 11.7. The number of hydrogen-bond acceptors (Lipinski definition) is 4. The van der Waals surface area contributed by atoms with Crippen LogP contribution in [0.1, 0.15) is 40.6 Å². The average molecular weight is 344 g/mol. The van der Waals surface area contributed by atoms with Crippen LogP contribution in [0.2, 0.25) is 0 Å². The number of ether oxygens (including phenoxy) is 1. The van der Waals surface area contributed by atoms with Crippen molar-refractivity contribution >= 4 is 34.0 Å². The highest BCUT2D eigenvalue weighted by molar-refractivity contribution is 7.17. The van der Waals surface area contributed by atoms with Crippen molar-refractivity contribution in [1.29, 1.82) is 0 Å². The molecule has 3 rings (SSSR count). The van der Waals surface area contributed by atoms with E-state index in [1.54, 1.807) is 6.92 Å². The fourth-order valence-corrected chi connectivity index (χ4v) is 4.13. The standard InChI is InChI=1S/C18H20N2O3S/c1-2-23-17(21)15-13-10-6-7-11-14(13)24-16(15)20-18(22)19-12-8-4-3-5-9-12/h3-5,8-9H,2,6-7,10-11H2,1H3,(H2,19,20,22). The predicted octanol–water partition coefficient (Wildman–Crippen LogP) is 4.45. The molecule has 0 aliphatic heterocycles. The molecule has 6 heteroatoms. The number of esters is 1. The Morgan fingerprint density at radius 1 is 1.12 bits per heavy atom. The van der Waals surface area contributed by atoms with Gasteiger partial charge in [0, 0.05) is 10.6 Å². The van der Waals surface area contributed by atoms with E-state index in [0.29, 0.717) is 22.9 Å². The summed E-state index contributed by atoms with van der Waals surface area (Å²) in [6.45, 7) is 2.10. The number of carbonyl (C=O) groups excluding carboxylic acids is 2. The fraction of sp³-hybridized carbons (Fsp3) is 0.333. The van der Waals surface area contributed by atoms with Gasteiger partial charge >= 0.3 is 12.0 Å². The van der Waals surface area contributed by atoms with Crippen LogP contribution >= 0.6 is 11.3 Å². The Morgan fingerprint density at radius 2 is 1.88 bits per heavy atom. The topological polar surface area (TPSA) is 67.4 Å². The minimum atomic E-state index is -0.356. The van der Waals surface area contributed by atoms with Gasteiger partial charge in [-0.2, -0.15) is 0 Å². The molecule has 1 aromatic carbocycles. The normalized spacial score (nSPS) is 13.0. The van der Waals surface area contributed by atoms with Gasteiger partial charge in [0.05, 0.1) is 12.2 Å². The lowest BCUT2D eigenvalue weighted by Crippen LogP contribution is -2.20. The first kappa shape index (κ1) is 16.5. The molecule has 2 N–H and O–H groups in total. The van der Waals surface area contributed by atoms with Gasteiger partial charge in [-0.25, -0.2) is 9.59 Å². The van der Waals surface area contributed by atoms with Gasteiger partial charge < -0.3 is 10.1 Å². The van der Waals surface area contributed by atoms with E-state index in [4.69, 9.17) is 4.74 Å². The van der Waals surface area contributed by atoms with Crippen molar-refractivity contribution in [2.45, 2.75) is 32.6 Å². The number of para-hydroxylation sites is 1. The van der Waals surface area contributed by atoms with Crippen LogP contribution in [-0.4, -0.2) is 18.6 Å². The van der Waals surface area contributed by atoms with Gasteiger partial charge in [0.2, 0.25) is 0 Å². The Bertz CT molecular complexity index is 740. The van der Waals surface area contributed by atoms with Crippen molar-refractivity contribution in [3.8, 4) is 0 Å². The SMILES string of the molecule is CCOC(=O)c1c(NC(=O)Nc2ccccc2)sc2c1CCCC2. The van der Waals surface area contributed by atoms with Crippen LogP contribution in [-0.2, 0) is 17.6 Å². The minimum Gasteiger partial charge on any atom is -0.462 e. The lowest BCUT2D eigenvalue weighted by Gasteiger charge is -2.12. The number of carbonyl (C=O) groups is 2. The molecular formula is C18H20N2O3S. The molecule has 2 aromatic rings. The Kier molecular flexibility index (Phi) is 5.15. The van der Waals surface area contributed by atoms with Crippen LogP contribution in [0.3, 0.4) is 0 Å². The highest BCUT2D eigenvalue weighted by Gasteiger charge is 2.27. The average Bonchev–Trinajstić information content (AvgIpc) is 2.93. The molecule has 1 aliphatic rings. The van der Waals surface area contributed by atoms with E-state index in [1.807, 2.05) is 30.3 Å². The molecule has 2 amide bonds. The predicted molar refractivity (Wildman–Crippen MR) is 96.0 cm³/mol. The molecule has 5 nitrogen and oxygen atoms in total. The first-order valence-corrected chi connectivity index (χ1v) is 8.95. The second-order valence-corrected chi connectivity index (χ2v) is 6.69. The number of anilines is 2. The second-order valence-electron chi connectivity index (χ2n) is 5.58. The largest absolute Gasteiger partial charge is 0.462 e. The summed E-state index contributed by atoms with van der Waals surface area (Å²) in [4.78, 5) is 25.8. The number of benzene rings is 1. The summed E-state index contributed by atoms with van der Waals surface area (Å²) in [5.41, 5.74) is 2.27. The number of fused-ring (bicyclic) bond motifs is 1. The third-order valence-electron chi connectivity index (χ3n) is 3.91. The number of rotatable bonds is 4. The minimum absolute atomic E-state index is 0.319. The van der Waals surface area contributed by atoms with Crippen LogP contribution in [0, 0.1) is 0 Å². The first-order valence-electron chi connectivity index (χ1n) is 8.13. The van der Waals surface area contributed by atoms with Crippen LogP contribution < -0.4 is 10.6 Å². The summed E-state index contributed by atoms with van der Waals surface area (Å²) in [6.07, 6.45) is 3.99. The zero-order valence-electron chi connectivity index (χ0n) is 13.6. The fourth-order valence-electron chi connectivity index (χ4n) is 2.86. The highest BCUT2D eigenvalue weighted by atomic mass is 32.1. The quantitative estimate of drug-likeness (QED) is 0.805. The molecule has 0 radical (unpaired) electrons. The van der Waals surface area contributed by atoms with Gasteiger partial charge in [0.1, 0.15) is 5.00 Å². The van der Waals surface area contributed by atoms with Gasteiger partial charge in [-0.1, -0.05) is 18.2 Å². The smallest absolute Gasteiger partial charge is 0.341 e. The Labute approximate surface area is 145 Å². The van der Waals surface area contributed by atoms with Crippen LogP contribution in [0.4, 0.5) is 15.5 Å². The molecule has 0 saturated carbocycles. The van der Waals surface area contributed by atoms with Crippen molar-refractivity contribution in [2.75, 3.05) is 17.2 Å². The number of hydrogen-bond donors (Lipinski definition) is 2. The summed E-state index contributed by atoms with van der Waals surface area (Å²) in [5, 5.41) is 6.17. The van der Waals surface area contributed by atoms with E-state index >= 15 is 0 Å². The number of aryl methyl sites for hydroxylation is 1. The Hall–Kier alpha value is -2.34. The molecule has 0 fully saturated rings. The number of nitrogens with one attached hydrogen (secondary N) is 2. The monoisotopic (exact) mass is 344 g/mol. The molecule has 0 spiro atoms. The van der Waals surface area contributed by atoms with Crippen molar-refractivity contribution < 1.29 is 14.3 Å². The van der Waals surface area contributed by atoms with E-state index < -0.39 is 0 Å². The molecule has 1 aliphatic carbocycles. The van der Waals surface area contributed by atoms with E-state index in [2.05, 4.69) is 10.6 Å². The molecule has 0 unspecified atom stereocenters. The van der Waals surface area contributed by atoms with Gasteiger partial charge in [0.15, 0.2) is 0 Å². The van der Waals surface area contributed by atoms with E-state index in [-0.39, 0.29) is 12.0 Å². The van der Waals surface area contributed by atoms with Gasteiger partial charge in [-0.3, -0.25) is 5.32 Å². The molecule has 1 aromatic heterocycles. The summed E-state index contributed by atoms with van der Waals surface area (Å²) in [6, 6.07) is 8.85. The van der Waals surface area contributed by atoms with Crippen LogP contribution in [0.25, 0.3) is 0 Å². The maximum atomic E-state index is 12.4. The third kappa shape index (κ3) is 3.59. The number of urea groups is 1. The lowest BCUT2D eigenvalue weighted by molar-refractivity contribution is 0.0526. The van der Waals surface area contributed by atoms with Gasteiger partial charge in [-0.15, -0.1) is 11.3 Å². The lowest BCUT2D eigenvalue weighted by atomic mass is 9.95. The van der Waals surface area contributed by atoms with Crippen molar-refractivity contribution in [3.63, 3.8) is 0 Å². The zero-order valence-corrected chi connectivity index (χ0v) is 14.4. The summed E-state index contributed by atoms with van der Waals surface area (Å²) >= 11 is 1.48. The van der Waals surface area contributed by atoms with Gasteiger partial charge in [-0.05, 0) is 50.3 Å². The molecule has 126 valence electrons. The molecule has 0 saturated heterocycles. The van der Waals surface area contributed by atoms with Crippen molar-refractivity contribution in [1.82, 2.24) is 0 Å². The number of amides is 2. The summed E-state index contributed by atoms with van der Waals surface area (Å²) in [5.74, 6) is -0.355. The van der Waals surface area contributed by atoms with E-state index in [0.717, 1.165) is 31.2 Å². The molecule has 0 atom stereocenters. The molecule has 24 heavy (non-hydrogen) atoms.